The third-order valence-electron chi connectivity index (χ3n) is 3.14. The molecule has 0 bridgehead atoms. The van der Waals surface area contributed by atoms with Gasteiger partial charge in [0.2, 0.25) is 6.10 Å². The Morgan fingerprint density at radius 3 is 2.90 bits per heavy atom. The van der Waals surface area contributed by atoms with Gasteiger partial charge >= 0.3 is 0 Å². The molecule has 3 N–H and O–H groups in total. The van der Waals surface area contributed by atoms with Crippen molar-refractivity contribution in [1.29, 1.82) is 0 Å². The highest BCUT2D eigenvalue weighted by Gasteiger charge is 2.27. The van der Waals surface area contributed by atoms with Gasteiger partial charge in [-0.2, -0.15) is 0 Å². The average molecular weight is 285 g/mol. The van der Waals surface area contributed by atoms with Crippen LogP contribution in [0.4, 0.5) is 11.5 Å². The van der Waals surface area contributed by atoms with Gasteiger partial charge in [-0.05, 0) is 30.7 Å². The van der Waals surface area contributed by atoms with E-state index in [1.807, 2.05) is 19.1 Å². The monoisotopic (exact) mass is 285 g/mol. The molecule has 6 nitrogen and oxygen atoms in total. The Hall–Kier alpha value is -2.76. The second-order valence-electron chi connectivity index (χ2n) is 4.79. The number of pyridine rings is 1. The molecule has 21 heavy (non-hydrogen) atoms. The number of anilines is 2. The predicted octanol–water partition coefficient (Wildman–Crippen LogP) is 1.75. The van der Waals surface area contributed by atoms with E-state index >= 15 is 0 Å². The van der Waals surface area contributed by atoms with Gasteiger partial charge in [-0.15, -0.1) is 0 Å². The number of para-hydroxylation sites is 2. The third kappa shape index (κ3) is 2.74. The number of nitrogen functional groups attached to an aromatic ring is 1. The molecule has 108 valence electrons. The number of benzene rings is 1. The van der Waals surface area contributed by atoms with E-state index in [0.717, 1.165) is 5.56 Å². The lowest BCUT2D eigenvalue weighted by molar-refractivity contribution is -0.125. The second kappa shape index (κ2) is 5.32. The van der Waals surface area contributed by atoms with E-state index in [-0.39, 0.29) is 12.5 Å². The minimum absolute atomic E-state index is 0.164. The number of nitrogens with zero attached hydrogens (tertiary/aromatic N) is 1. The molecule has 6 heteroatoms. The Balaban J connectivity index is 1.72. The standard InChI is InChI=1S/C15H15N3O3/c1-9-6-10(16)7-17-14(9)18-15(19)13-8-20-11-4-2-3-5-12(11)21-13/h2-7,13H,8,16H2,1H3,(H,17,18,19). The largest absolute Gasteiger partial charge is 0.485 e. The number of carbonyl (C=O) groups is 1. The van der Waals surface area contributed by atoms with Gasteiger partial charge in [0, 0.05) is 0 Å². The lowest BCUT2D eigenvalue weighted by atomic mass is 10.2. The molecule has 2 heterocycles. The van der Waals surface area contributed by atoms with Crippen molar-refractivity contribution in [2.45, 2.75) is 13.0 Å². The first kappa shape index (κ1) is 13.2. The Kier molecular flexibility index (Phi) is 3.35. The molecular formula is C15H15N3O3. The summed E-state index contributed by atoms with van der Waals surface area (Å²) in [6, 6.07) is 8.99. The predicted molar refractivity (Wildman–Crippen MR) is 78.4 cm³/mol. The molecule has 1 atom stereocenters. The number of nitrogens with one attached hydrogen (secondary N) is 1. The molecule has 0 fully saturated rings. The summed E-state index contributed by atoms with van der Waals surface area (Å²) in [7, 11) is 0. The Labute approximate surface area is 121 Å². The molecular weight excluding hydrogens is 270 g/mol. The van der Waals surface area contributed by atoms with E-state index in [2.05, 4.69) is 10.3 Å². The van der Waals surface area contributed by atoms with E-state index in [1.165, 1.54) is 6.20 Å². The highest BCUT2D eigenvalue weighted by atomic mass is 16.6. The van der Waals surface area contributed by atoms with Crippen LogP contribution in [0.25, 0.3) is 0 Å². The molecule has 1 amide bonds. The fraction of sp³-hybridized carbons (Fsp3) is 0.200. The van der Waals surface area contributed by atoms with Crippen LogP contribution in [-0.4, -0.2) is 23.6 Å². The van der Waals surface area contributed by atoms with Crippen LogP contribution in [0.2, 0.25) is 0 Å². The quantitative estimate of drug-likeness (QED) is 0.878. The zero-order valence-electron chi connectivity index (χ0n) is 11.5. The maximum atomic E-state index is 12.2. The van der Waals surface area contributed by atoms with Gasteiger partial charge in [-0.1, -0.05) is 12.1 Å². The van der Waals surface area contributed by atoms with Crippen LogP contribution in [0.1, 0.15) is 5.56 Å². The van der Waals surface area contributed by atoms with Gasteiger partial charge in [0.25, 0.3) is 5.91 Å². The number of carbonyl (C=O) groups excluding carboxylic acids is 1. The topological polar surface area (TPSA) is 86.5 Å². The summed E-state index contributed by atoms with van der Waals surface area (Å²) in [6.07, 6.45) is 0.787. The average Bonchev–Trinajstić information content (AvgIpc) is 2.49. The third-order valence-corrected chi connectivity index (χ3v) is 3.14. The maximum Gasteiger partial charge on any atom is 0.270 e. The van der Waals surface area contributed by atoms with Crippen molar-refractivity contribution < 1.29 is 14.3 Å². The minimum Gasteiger partial charge on any atom is -0.485 e. The molecule has 0 radical (unpaired) electrons. The summed E-state index contributed by atoms with van der Waals surface area (Å²) >= 11 is 0. The van der Waals surface area contributed by atoms with Crippen molar-refractivity contribution >= 4 is 17.4 Å². The maximum absolute atomic E-state index is 12.2. The minimum atomic E-state index is -0.710. The molecule has 3 rings (SSSR count). The molecule has 0 spiro atoms. The van der Waals surface area contributed by atoms with Crippen molar-refractivity contribution in [3.63, 3.8) is 0 Å². The van der Waals surface area contributed by atoms with Crippen molar-refractivity contribution in [3.8, 4) is 11.5 Å². The Bertz CT molecular complexity index is 688. The Morgan fingerprint density at radius 1 is 1.38 bits per heavy atom. The number of amides is 1. The second-order valence-corrected chi connectivity index (χ2v) is 4.79. The molecule has 1 aliphatic rings. The van der Waals surface area contributed by atoms with Crippen LogP contribution in [0.5, 0.6) is 11.5 Å². The Morgan fingerprint density at radius 2 is 2.14 bits per heavy atom. The van der Waals surface area contributed by atoms with Crippen molar-refractivity contribution in [2.24, 2.45) is 0 Å². The van der Waals surface area contributed by atoms with Gasteiger partial charge < -0.3 is 20.5 Å². The molecule has 0 aliphatic carbocycles. The number of aromatic nitrogens is 1. The van der Waals surface area contributed by atoms with E-state index in [1.54, 1.807) is 18.2 Å². The molecule has 0 saturated carbocycles. The summed E-state index contributed by atoms with van der Waals surface area (Å²) in [4.78, 5) is 16.3. The van der Waals surface area contributed by atoms with Crippen molar-refractivity contribution in [3.05, 3.63) is 42.1 Å². The molecule has 0 saturated heterocycles. The van der Waals surface area contributed by atoms with Gasteiger partial charge in [0.05, 0.1) is 11.9 Å². The van der Waals surface area contributed by atoms with Crippen LogP contribution in [0.15, 0.2) is 36.5 Å². The highest BCUT2D eigenvalue weighted by Crippen LogP contribution is 2.31. The number of ether oxygens (including phenoxy) is 2. The first-order valence-corrected chi connectivity index (χ1v) is 6.55. The van der Waals surface area contributed by atoms with Gasteiger partial charge in [0.15, 0.2) is 11.5 Å². The van der Waals surface area contributed by atoms with Crippen LogP contribution >= 0.6 is 0 Å². The fourth-order valence-electron chi connectivity index (χ4n) is 2.07. The summed E-state index contributed by atoms with van der Waals surface area (Å²) in [6.45, 7) is 1.99. The zero-order valence-corrected chi connectivity index (χ0v) is 11.5. The number of hydrogen-bond acceptors (Lipinski definition) is 5. The lowest BCUT2D eigenvalue weighted by Gasteiger charge is -2.25. The van der Waals surface area contributed by atoms with Crippen molar-refractivity contribution in [2.75, 3.05) is 17.7 Å². The molecule has 2 aromatic rings. The number of nitrogens with two attached hydrogens (primary N) is 1. The van der Waals surface area contributed by atoms with E-state index in [0.29, 0.717) is 23.0 Å². The van der Waals surface area contributed by atoms with Crippen LogP contribution in [0.3, 0.4) is 0 Å². The molecule has 1 aliphatic heterocycles. The lowest BCUT2D eigenvalue weighted by Crippen LogP contribution is -2.40. The number of fused-ring (bicyclic) bond motifs is 1. The summed E-state index contributed by atoms with van der Waals surface area (Å²) in [5, 5.41) is 2.73. The van der Waals surface area contributed by atoms with E-state index < -0.39 is 6.10 Å². The summed E-state index contributed by atoms with van der Waals surface area (Å²) < 4.78 is 11.2. The smallest absolute Gasteiger partial charge is 0.270 e. The van der Waals surface area contributed by atoms with E-state index in [9.17, 15) is 4.79 Å². The normalized spacial score (nSPS) is 16.3. The fourth-order valence-corrected chi connectivity index (χ4v) is 2.07. The highest BCUT2D eigenvalue weighted by molar-refractivity contribution is 5.94. The number of hydrogen-bond donors (Lipinski definition) is 2. The van der Waals surface area contributed by atoms with Crippen LogP contribution in [0, 0.1) is 6.92 Å². The molecule has 1 aromatic carbocycles. The van der Waals surface area contributed by atoms with Gasteiger partial charge in [-0.25, -0.2) is 4.98 Å². The van der Waals surface area contributed by atoms with Gasteiger partial charge in [-0.3, -0.25) is 4.79 Å². The summed E-state index contributed by atoms with van der Waals surface area (Å²) in [5.41, 5.74) is 6.98. The molecule has 1 unspecified atom stereocenters. The van der Waals surface area contributed by atoms with Crippen molar-refractivity contribution in [1.82, 2.24) is 4.98 Å². The SMILES string of the molecule is Cc1cc(N)cnc1NC(=O)C1COc2ccccc2O1. The number of aryl methyl sites for hydroxylation is 1. The first-order valence-electron chi connectivity index (χ1n) is 6.55. The van der Waals surface area contributed by atoms with E-state index in [4.69, 9.17) is 15.2 Å². The number of rotatable bonds is 2. The molecule has 1 aromatic heterocycles. The van der Waals surface area contributed by atoms with Crippen LogP contribution < -0.4 is 20.5 Å². The van der Waals surface area contributed by atoms with Gasteiger partial charge in [0.1, 0.15) is 12.4 Å². The van der Waals surface area contributed by atoms with Crippen LogP contribution in [-0.2, 0) is 4.79 Å². The zero-order chi connectivity index (χ0) is 14.8. The summed E-state index contributed by atoms with van der Waals surface area (Å²) in [5.74, 6) is 1.37. The first-order chi connectivity index (χ1) is 10.1.